The Kier molecular flexibility index (Phi) is 5.15. The Labute approximate surface area is 187 Å². The van der Waals surface area contributed by atoms with E-state index in [1.807, 2.05) is 30.1 Å². The monoisotopic (exact) mass is 456 g/mol. The molecule has 4 atom stereocenters. The van der Waals surface area contributed by atoms with Gasteiger partial charge in [0.1, 0.15) is 5.82 Å². The lowest BCUT2D eigenvalue weighted by molar-refractivity contribution is 0.193. The standard InChI is InChI=1S/C23H25FN4O3S/c1-14-12-25-23(26-14)32(30,31)28-10-9-18-21(13-29)27(2)20-8-5-16(11-19(20)22(18)28)15-3-6-17(24)7-4-15/h3-8,11-12,14,18,21-22,29H,9-10,13H2,1-2H3/t14?,18-,21+,22-/m0/s1. The lowest BCUT2D eigenvalue weighted by atomic mass is 9.81. The highest BCUT2D eigenvalue weighted by Crippen LogP contribution is 2.50. The summed E-state index contributed by atoms with van der Waals surface area (Å²) < 4.78 is 41.9. The molecular weight excluding hydrogens is 431 g/mol. The van der Waals surface area contributed by atoms with E-state index in [4.69, 9.17) is 0 Å². The van der Waals surface area contributed by atoms with E-state index in [1.54, 1.807) is 19.1 Å². The van der Waals surface area contributed by atoms with Gasteiger partial charge in [-0.25, -0.2) is 22.8 Å². The SMILES string of the molecule is CC1C=NC(S(=O)(=O)N2CC[C@H]3[C@@H](CO)N(C)c4ccc(-c5ccc(F)cc5)cc4[C@H]32)=N1. The molecule has 1 saturated heterocycles. The van der Waals surface area contributed by atoms with Crippen molar-refractivity contribution in [3.05, 3.63) is 53.8 Å². The van der Waals surface area contributed by atoms with E-state index in [0.29, 0.717) is 13.0 Å². The Balaban J connectivity index is 1.63. The minimum Gasteiger partial charge on any atom is -0.394 e. The summed E-state index contributed by atoms with van der Waals surface area (Å²) in [4.78, 5) is 10.3. The summed E-state index contributed by atoms with van der Waals surface area (Å²) in [7, 11) is -1.95. The van der Waals surface area contributed by atoms with Crippen LogP contribution in [0.3, 0.4) is 0 Å². The number of aliphatic imine (C=N–C) groups is 2. The van der Waals surface area contributed by atoms with Crippen LogP contribution >= 0.6 is 0 Å². The van der Waals surface area contributed by atoms with Crippen molar-refractivity contribution < 1.29 is 17.9 Å². The lowest BCUT2D eigenvalue weighted by Gasteiger charge is -2.44. The maximum atomic E-state index is 13.5. The molecule has 3 heterocycles. The Hall–Kier alpha value is -2.62. The summed E-state index contributed by atoms with van der Waals surface area (Å²) in [6.07, 6.45) is 2.17. The van der Waals surface area contributed by atoms with Crippen molar-refractivity contribution in [2.75, 3.05) is 25.1 Å². The summed E-state index contributed by atoms with van der Waals surface area (Å²) in [5.41, 5.74) is 3.49. The molecule has 3 aliphatic rings. The highest BCUT2D eigenvalue weighted by Gasteiger charge is 2.51. The number of fused-ring (bicyclic) bond motifs is 3. The lowest BCUT2D eigenvalue weighted by Crippen LogP contribution is -2.48. The Morgan fingerprint density at radius 3 is 2.53 bits per heavy atom. The van der Waals surface area contributed by atoms with E-state index in [-0.39, 0.29) is 35.6 Å². The van der Waals surface area contributed by atoms with Crippen molar-refractivity contribution in [2.45, 2.75) is 31.5 Å². The molecule has 9 heteroatoms. The number of anilines is 1. The number of likely N-dealkylation sites (N-methyl/N-ethyl adjacent to an activating group) is 1. The fraction of sp³-hybridized carbons (Fsp3) is 0.391. The molecule has 0 radical (unpaired) electrons. The van der Waals surface area contributed by atoms with Gasteiger partial charge in [0.15, 0.2) is 0 Å². The zero-order chi connectivity index (χ0) is 22.6. The second-order valence-electron chi connectivity index (χ2n) is 8.58. The largest absolute Gasteiger partial charge is 0.394 e. The molecule has 7 nitrogen and oxygen atoms in total. The fourth-order valence-corrected chi connectivity index (χ4v) is 6.77. The first-order chi connectivity index (χ1) is 15.3. The van der Waals surface area contributed by atoms with Crippen LogP contribution in [0, 0.1) is 11.7 Å². The van der Waals surface area contributed by atoms with E-state index in [0.717, 1.165) is 22.4 Å². The number of hydrogen-bond donors (Lipinski definition) is 1. The number of benzene rings is 2. The van der Waals surface area contributed by atoms with Gasteiger partial charge in [-0.2, -0.15) is 4.31 Å². The average molecular weight is 457 g/mol. The summed E-state index contributed by atoms with van der Waals surface area (Å²) in [6, 6.07) is 11.2. The van der Waals surface area contributed by atoms with Crippen molar-refractivity contribution in [3.63, 3.8) is 0 Å². The molecule has 0 aliphatic carbocycles. The number of aliphatic hydroxyl groups is 1. The van der Waals surface area contributed by atoms with Gasteiger partial charge in [-0.15, -0.1) is 0 Å². The van der Waals surface area contributed by atoms with Crippen molar-refractivity contribution in [1.82, 2.24) is 4.31 Å². The summed E-state index contributed by atoms with van der Waals surface area (Å²) in [6.45, 7) is 2.06. The second-order valence-corrected chi connectivity index (χ2v) is 10.4. The van der Waals surface area contributed by atoms with Crippen LogP contribution in [-0.4, -0.2) is 61.5 Å². The third-order valence-corrected chi connectivity index (χ3v) is 8.43. The van der Waals surface area contributed by atoms with E-state index >= 15 is 0 Å². The van der Waals surface area contributed by atoms with Crippen LogP contribution in [0.1, 0.15) is 24.9 Å². The second kappa shape index (κ2) is 7.75. The van der Waals surface area contributed by atoms with Gasteiger partial charge in [0.05, 0.1) is 24.7 Å². The quantitative estimate of drug-likeness (QED) is 0.770. The molecule has 0 spiro atoms. The van der Waals surface area contributed by atoms with Crippen LogP contribution in [0.4, 0.5) is 10.1 Å². The Bertz CT molecular complexity index is 1210. The number of sulfonamides is 1. The van der Waals surface area contributed by atoms with Crippen LogP contribution in [0.25, 0.3) is 11.1 Å². The Morgan fingerprint density at radius 1 is 1.16 bits per heavy atom. The summed E-state index contributed by atoms with van der Waals surface area (Å²) >= 11 is 0. The fourth-order valence-electron chi connectivity index (χ4n) is 5.15. The van der Waals surface area contributed by atoms with Crippen LogP contribution < -0.4 is 4.90 Å². The van der Waals surface area contributed by atoms with Crippen molar-refractivity contribution in [3.8, 4) is 11.1 Å². The zero-order valence-corrected chi connectivity index (χ0v) is 18.7. The Morgan fingerprint density at radius 2 is 1.88 bits per heavy atom. The molecule has 2 aromatic carbocycles. The maximum Gasteiger partial charge on any atom is 0.278 e. The molecule has 5 rings (SSSR count). The van der Waals surface area contributed by atoms with Crippen molar-refractivity contribution >= 4 is 27.1 Å². The van der Waals surface area contributed by atoms with Gasteiger partial charge in [-0.1, -0.05) is 18.2 Å². The highest BCUT2D eigenvalue weighted by atomic mass is 32.2. The molecule has 0 bridgehead atoms. The number of hydrogen-bond acceptors (Lipinski definition) is 6. The van der Waals surface area contributed by atoms with Gasteiger partial charge in [0.25, 0.3) is 15.2 Å². The topological polar surface area (TPSA) is 85.6 Å². The molecule has 0 amide bonds. The van der Waals surface area contributed by atoms with E-state index in [9.17, 15) is 17.9 Å². The number of rotatable bonds is 3. The van der Waals surface area contributed by atoms with Crippen LogP contribution in [0.5, 0.6) is 0 Å². The molecule has 1 N–H and O–H groups in total. The van der Waals surface area contributed by atoms with Crippen LogP contribution in [0.2, 0.25) is 0 Å². The first kappa shape index (κ1) is 21.2. The van der Waals surface area contributed by atoms with E-state index < -0.39 is 16.1 Å². The third kappa shape index (κ3) is 3.27. The molecule has 1 fully saturated rings. The van der Waals surface area contributed by atoms with E-state index in [2.05, 4.69) is 9.98 Å². The number of amidine groups is 1. The number of aliphatic hydroxyl groups excluding tert-OH is 1. The number of halogens is 1. The van der Waals surface area contributed by atoms with Crippen LogP contribution in [0.15, 0.2) is 52.4 Å². The molecule has 168 valence electrons. The van der Waals surface area contributed by atoms with Gasteiger partial charge in [-0.3, -0.25) is 0 Å². The van der Waals surface area contributed by atoms with Gasteiger partial charge in [0, 0.05) is 31.4 Å². The summed E-state index contributed by atoms with van der Waals surface area (Å²) in [5.74, 6) is -0.378. The maximum absolute atomic E-state index is 13.5. The van der Waals surface area contributed by atoms with Gasteiger partial charge in [-0.05, 0) is 54.3 Å². The average Bonchev–Trinajstić information content (AvgIpc) is 3.42. The van der Waals surface area contributed by atoms with Crippen molar-refractivity contribution in [2.24, 2.45) is 15.9 Å². The van der Waals surface area contributed by atoms with Gasteiger partial charge in [0.2, 0.25) is 0 Å². The third-order valence-electron chi connectivity index (χ3n) is 6.74. The molecule has 0 saturated carbocycles. The zero-order valence-electron chi connectivity index (χ0n) is 17.9. The highest BCUT2D eigenvalue weighted by molar-refractivity contribution is 8.04. The minimum atomic E-state index is -3.88. The normalized spacial score (nSPS) is 27.4. The smallest absolute Gasteiger partial charge is 0.278 e. The molecule has 32 heavy (non-hydrogen) atoms. The molecule has 2 aromatic rings. The first-order valence-electron chi connectivity index (χ1n) is 10.7. The van der Waals surface area contributed by atoms with Crippen molar-refractivity contribution in [1.29, 1.82) is 0 Å². The predicted molar refractivity (Wildman–Crippen MR) is 123 cm³/mol. The molecule has 1 unspecified atom stereocenters. The van der Waals surface area contributed by atoms with E-state index in [1.165, 1.54) is 22.7 Å². The van der Waals surface area contributed by atoms with Gasteiger partial charge >= 0.3 is 0 Å². The molecule has 0 aromatic heterocycles. The first-order valence-corrected chi connectivity index (χ1v) is 12.1. The van der Waals surface area contributed by atoms with Gasteiger partial charge < -0.3 is 10.0 Å². The number of nitrogens with zero attached hydrogens (tertiary/aromatic N) is 4. The molecule has 3 aliphatic heterocycles. The molecular formula is C23H25FN4O3S. The summed E-state index contributed by atoms with van der Waals surface area (Å²) in [5, 5.41) is 9.98. The minimum absolute atomic E-state index is 0.0686. The van der Waals surface area contributed by atoms with Crippen LogP contribution in [-0.2, 0) is 10.0 Å². The predicted octanol–water partition coefficient (Wildman–Crippen LogP) is 2.83.